The van der Waals surface area contributed by atoms with Gasteiger partial charge in [0.05, 0.1) is 11.3 Å². The minimum absolute atomic E-state index is 0.259. The molecule has 0 aliphatic heterocycles. The molecule has 96 valence electrons. The number of hydrogen-bond donors (Lipinski definition) is 1. The zero-order valence-electron chi connectivity index (χ0n) is 10.8. The molecule has 1 aliphatic rings. The summed E-state index contributed by atoms with van der Waals surface area (Å²) in [5, 5.41) is 12.5. The van der Waals surface area contributed by atoms with Gasteiger partial charge in [-0.2, -0.15) is 5.26 Å². The van der Waals surface area contributed by atoms with Crippen molar-refractivity contribution in [3.63, 3.8) is 0 Å². The molecule has 2 rings (SSSR count). The summed E-state index contributed by atoms with van der Waals surface area (Å²) in [4.78, 5) is 2.30. The maximum Gasteiger partial charge on any atom is 0.101 e. The molecule has 0 saturated heterocycles. The van der Waals surface area contributed by atoms with Crippen molar-refractivity contribution in [1.29, 1.82) is 5.26 Å². The highest BCUT2D eigenvalue weighted by atomic mass is 79.9. The van der Waals surface area contributed by atoms with Crippen molar-refractivity contribution in [2.75, 3.05) is 26.0 Å². The van der Waals surface area contributed by atoms with Crippen molar-refractivity contribution in [3.05, 3.63) is 28.2 Å². The molecule has 0 unspecified atom stereocenters. The molecular weight excluding hydrogens is 290 g/mol. The van der Waals surface area contributed by atoms with Gasteiger partial charge in [-0.15, -0.1) is 0 Å². The standard InChI is InChI=1S/C14H18BrN3/c1-18(2)14(6-3-7-14)10-17-13-8-12(15)5-4-11(13)9-16/h4-5,8,17H,3,6-7,10H2,1-2H3. The predicted molar refractivity (Wildman–Crippen MR) is 77.6 cm³/mol. The van der Waals surface area contributed by atoms with E-state index in [-0.39, 0.29) is 5.54 Å². The SMILES string of the molecule is CN(C)C1(CNc2cc(Br)ccc2C#N)CCC1. The first-order valence-corrected chi connectivity index (χ1v) is 6.98. The van der Waals surface area contributed by atoms with Gasteiger partial charge in [0, 0.05) is 16.6 Å². The molecule has 0 amide bonds. The Balaban J connectivity index is 2.11. The van der Waals surface area contributed by atoms with E-state index in [4.69, 9.17) is 5.26 Å². The molecule has 1 N–H and O–H groups in total. The normalized spacial score (nSPS) is 17.1. The van der Waals surface area contributed by atoms with E-state index in [1.54, 1.807) is 0 Å². The van der Waals surface area contributed by atoms with Crippen LogP contribution in [0.25, 0.3) is 0 Å². The third-order valence-corrected chi connectivity index (χ3v) is 4.44. The quantitative estimate of drug-likeness (QED) is 0.928. The summed E-state index contributed by atoms with van der Waals surface area (Å²) in [7, 11) is 4.26. The van der Waals surface area contributed by atoms with E-state index in [0.717, 1.165) is 16.7 Å². The van der Waals surface area contributed by atoms with E-state index in [2.05, 4.69) is 46.3 Å². The Bertz CT molecular complexity index is 472. The minimum Gasteiger partial charge on any atom is -0.382 e. The lowest BCUT2D eigenvalue weighted by Gasteiger charge is -2.47. The summed E-state index contributed by atoms with van der Waals surface area (Å²) in [6, 6.07) is 7.94. The van der Waals surface area contributed by atoms with Crippen LogP contribution in [0.5, 0.6) is 0 Å². The molecule has 1 aliphatic carbocycles. The number of anilines is 1. The van der Waals surface area contributed by atoms with Crippen LogP contribution in [-0.2, 0) is 0 Å². The summed E-state index contributed by atoms with van der Waals surface area (Å²) >= 11 is 3.45. The molecule has 1 saturated carbocycles. The highest BCUT2D eigenvalue weighted by molar-refractivity contribution is 9.10. The number of rotatable bonds is 4. The first kappa shape index (κ1) is 13.4. The van der Waals surface area contributed by atoms with Crippen LogP contribution in [0, 0.1) is 11.3 Å². The van der Waals surface area contributed by atoms with Gasteiger partial charge in [0.1, 0.15) is 6.07 Å². The molecule has 0 atom stereocenters. The van der Waals surface area contributed by atoms with Gasteiger partial charge in [-0.1, -0.05) is 15.9 Å². The summed E-state index contributed by atoms with van der Waals surface area (Å²) in [5.41, 5.74) is 1.88. The molecule has 18 heavy (non-hydrogen) atoms. The average molecular weight is 308 g/mol. The molecule has 0 aromatic heterocycles. The summed E-state index contributed by atoms with van der Waals surface area (Å²) < 4.78 is 0.997. The van der Waals surface area contributed by atoms with Gasteiger partial charge in [0.25, 0.3) is 0 Å². The third-order valence-electron chi connectivity index (χ3n) is 3.94. The van der Waals surface area contributed by atoms with E-state index in [0.29, 0.717) is 5.56 Å². The predicted octanol–water partition coefficient (Wildman–Crippen LogP) is 3.22. The zero-order valence-corrected chi connectivity index (χ0v) is 12.4. The van der Waals surface area contributed by atoms with Crippen molar-refractivity contribution in [3.8, 4) is 6.07 Å². The lowest BCUT2D eigenvalue weighted by atomic mass is 9.75. The highest BCUT2D eigenvalue weighted by Crippen LogP contribution is 2.36. The number of nitrogens with one attached hydrogen (secondary N) is 1. The number of hydrogen-bond acceptors (Lipinski definition) is 3. The summed E-state index contributed by atoms with van der Waals surface area (Å²) in [5.74, 6) is 0. The fourth-order valence-electron chi connectivity index (χ4n) is 2.39. The Hall–Kier alpha value is -1.05. The van der Waals surface area contributed by atoms with Gasteiger partial charge in [0.15, 0.2) is 0 Å². The van der Waals surface area contributed by atoms with Crippen LogP contribution in [-0.4, -0.2) is 31.1 Å². The minimum atomic E-state index is 0.259. The molecule has 0 bridgehead atoms. The molecular formula is C14H18BrN3. The van der Waals surface area contributed by atoms with Crippen molar-refractivity contribution < 1.29 is 0 Å². The smallest absolute Gasteiger partial charge is 0.101 e. The first-order valence-electron chi connectivity index (χ1n) is 6.18. The van der Waals surface area contributed by atoms with Crippen LogP contribution in [0.4, 0.5) is 5.69 Å². The van der Waals surface area contributed by atoms with Gasteiger partial charge in [-0.05, 0) is 51.6 Å². The van der Waals surface area contributed by atoms with Crippen LogP contribution in [0.1, 0.15) is 24.8 Å². The maximum atomic E-state index is 9.10. The maximum absolute atomic E-state index is 9.10. The fraction of sp³-hybridized carbons (Fsp3) is 0.500. The van der Waals surface area contributed by atoms with Crippen molar-refractivity contribution in [1.82, 2.24) is 4.90 Å². The molecule has 3 nitrogen and oxygen atoms in total. The van der Waals surface area contributed by atoms with Crippen molar-refractivity contribution >= 4 is 21.6 Å². The number of halogens is 1. The number of likely N-dealkylation sites (N-methyl/N-ethyl adjacent to an activating group) is 1. The van der Waals surface area contributed by atoms with Gasteiger partial charge < -0.3 is 10.2 Å². The van der Waals surface area contributed by atoms with Crippen LogP contribution in [0.3, 0.4) is 0 Å². The number of nitriles is 1. The topological polar surface area (TPSA) is 39.1 Å². The molecule has 1 aromatic rings. The van der Waals surface area contributed by atoms with E-state index in [9.17, 15) is 0 Å². The van der Waals surface area contributed by atoms with Crippen LogP contribution in [0.15, 0.2) is 22.7 Å². The van der Waals surface area contributed by atoms with E-state index < -0.39 is 0 Å². The lowest BCUT2D eigenvalue weighted by Crippen LogP contribution is -2.54. The van der Waals surface area contributed by atoms with Gasteiger partial charge in [-0.25, -0.2) is 0 Å². The van der Waals surface area contributed by atoms with E-state index in [1.807, 2.05) is 18.2 Å². The molecule has 0 radical (unpaired) electrons. The Morgan fingerprint density at radius 1 is 1.44 bits per heavy atom. The second-order valence-corrected chi connectivity index (χ2v) is 6.04. The molecule has 0 heterocycles. The lowest BCUT2D eigenvalue weighted by molar-refractivity contribution is 0.0739. The second kappa shape index (κ2) is 5.29. The monoisotopic (exact) mass is 307 g/mol. The van der Waals surface area contributed by atoms with Crippen molar-refractivity contribution in [2.24, 2.45) is 0 Å². The first-order chi connectivity index (χ1) is 8.57. The molecule has 4 heteroatoms. The summed E-state index contributed by atoms with van der Waals surface area (Å²) in [6.45, 7) is 0.894. The van der Waals surface area contributed by atoms with E-state index >= 15 is 0 Å². The Labute approximate surface area is 117 Å². The van der Waals surface area contributed by atoms with Gasteiger partial charge in [0.2, 0.25) is 0 Å². The van der Waals surface area contributed by atoms with Crippen molar-refractivity contribution in [2.45, 2.75) is 24.8 Å². The van der Waals surface area contributed by atoms with Crippen LogP contribution < -0.4 is 5.32 Å². The number of nitrogens with zero attached hydrogens (tertiary/aromatic N) is 2. The van der Waals surface area contributed by atoms with Crippen LogP contribution >= 0.6 is 15.9 Å². The van der Waals surface area contributed by atoms with E-state index in [1.165, 1.54) is 19.3 Å². The molecule has 0 spiro atoms. The van der Waals surface area contributed by atoms with Crippen LogP contribution in [0.2, 0.25) is 0 Å². The second-order valence-electron chi connectivity index (χ2n) is 5.13. The van der Waals surface area contributed by atoms with Gasteiger partial charge >= 0.3 is 0 Å². The highest BCUT2D eigenvalue weighted by Gasteiger charge is 2.38. The number of benzene rings is 1. The third kappa shape index (κ3) is 2.52. The Kier molecular flexibility index (Phi) is 3.94. The zero-order chi connectivity index (χ0) is 13.2. The average Bonchev–Trinajstić information content (AvgIpc) is 2.27. The molecule has 1 fully saturated rings. The Morgan fingerprint density at radius 3 is 2.67 bits per heavy atom. The molecule has 1 aromatic carbocycles. The summed E-state index contributed by atoms with van der Waals surface area (Å²) in [6.07, 6.45) is 3.75. The largest absolute Gasteiger partial charge is 0.382 e. The fourth-order valence-corrected chi connectivity index (χ4v) is 2.75. The van der Waals surface area contributed by atoms with Gasteiger partial charge in [-0.3, -0.25) is 0 Å². The Morgan fingerprint density at radius 2 is 2.17 bits per heavy atom.